The summed E-state index contributed by atoms with van der Waals surface area (Å²) in [6.45, 7) is 3.41. The van der Waals surface area contributed by atoms with Gasteiger partial charge >= 0.3 is 0 Å². The van der Waals surface area contributed by atoms with Crippen LogP contribution in [0.5, 0.6) is 0 Å². The Bertz CT molecular complexity index is 105. The Morgan fingerprint density at radius 1 is 1.71 bits per heavy atom. The number of hydrogen-bond acceptors (Lipinski definition) is 1. The minimum Gasteiger partial charge on any atom is -0.294 e. The molecule has 0 unspecified atom stereocenters. The molecule has 0 N–H and O–H groups in total. The molecule has 0 heterocycles. The van der Waals surface area contributed by atoms with Crippen molar-refractivity contribution in [2.75, 3.05) is 0 Å². The zero-order chi connectivity index (χ0) is 5.86. The van der Waals surface area contributed by atoms with Crippen LogP contribution in [0.4, 0.5) is 0 Å². The lowest BCUT2D eigenvalue weighted by molar-refractivity contribution is -0.112. The molecular formula is C5H7IO. The third-order valence-corrected chi connectivity index (χ3v) is 1.97. The smallest absolute Gasteiger partial charge is 0.165 e. The summed E-state index contributed by atoms with van der Waals surface area (Å²) < 4.78 is 0.803. The molecule has 2 heteroatoms. The molecule has 0 spiro atoms. The highest BCUT2D eigenvalue weighted by Gasteiger charge is 1.91. The molecule has 0 bridgehead atoms. The second kappa shape index (κ2) is 3.18. The van der Waals surface area contributed by atoms with Crippen molar-refractivity contribution in [3.63, 3.8) is 0 Å². The van der Waals surface area contributed by atoms with Crippen LogP contribution in [0.25, 0.3) is 0 Å². The van der Waals surface area contributed by atoms with Crippen molar-refractivity contribution in [3.05, 3.63) is 9.66 Å². The van der Waals surface area contributed by atoms with E-state index in [0.29, 0.717) is 0 Å². The van der Waals surface area contributed by atoms with Crippen molar-refractivity contribution in [1.82, 2.24) is 0 Å². The van der Waals surface area contributed by atoms with Crippen LogP contribution in [0, 0.1) is 0 Å². The second-order valence-electron chi connectivity index (χ2n) is 1.19. The van der Waals surface area contributed by atoms with E-state index in [1.165, 1.54) is 0 Å². The SMILES string of the molecule is C/C=C(/I)C(C)=O. The van der Waals surface area contributed by atoms with Gasteiger partial charge < -0.3 is 0 Å². The summed E-state index contributed by atoms with van der Waals surface area (Å²) >= 11 is 2.01. The molecule has 0 aliphatic carbocycles. The van der Waals surface area contributed by atoms with E-state index in [2.05, 4.69) is 0 Å². The summed E-state index contributed by atoms with van der Waals surface area (Å²) in [7, 11) is 0. The average molecular weight is 210 g/mol. The highest BCUT2D eigenvalue weighted by Crippen LogP contribution is 2.04. The van der Waals surface area contributed by atoms with Gasteiger partial charge in [0.1, 0.15) is 0 Å². The molecule has 7 heavy (non-hydrogen) atoms. The Kier molecular flexibility index (Phi) is 3.25. The van der Waals surface area contributed by atoms with E-state index >= 15 is 0 Å². The molecular weight excluding hydrogens is 203 g/mol. The van der Waals surface area contributed by atoms with Crippen LogP contribution in [0.2, 0.25) is 0 Å². The molecule has 0 saturated heterocycles. The quantitative estimate of drug-likeness (QED) is 0.477. The van der Waals surface area contributed by atoms with Crippen molar-refractivity contribution in [1.29, 1.82) is 0 Å². The Hall–Kier alpha value is 0.140. The number of ketones is 1. The standard InChI is InChI=1S/C5H7IO/c1-3-5(6)4(2)7/h3H,1-2H3/b5-3+. The highest BCUT2D eigenvalue weighted by molar-refractivity contribution is 14.1. The molecule has 40 valence electrons. The fourth-order valence-electron chi connectivity index (χ4n) is 0.203. The predicted molar refractivity (Wildman–Crippen MR) is 38.5 cm³/mol. The maximum atomic E-state index is 10.3. The highest BCUT2D eigenvalue weighted by atomic mass is 127. The predicted octanol–water partition coefficient (Wildman–Crippen LogP) is 1.91. The van der Waals surface area contributed by atoms with E-state index < -0.39 is 0 Å². The van der Waals surface area contributed by atoms with Crippen LogP contribution in [-0.4, -0.2) is 5.78 Å². The third-order valence-electron chi connectivity index (χ3n) is 0.590. The van der Waals surface area contributed by atoms with Gasteiger partial charge in [0, 0.05) is 0 Å². The minimum atomic E-state index is 0.142. The number of Topliss-reactive ketones (excluding diaryl/α,β-unsaturated/α-hetero) is 1. The first-order valence-electron chi connectivity index (χ1n) is 2.01. The van der Waals surface area contributed by atoms with Gasteiger partial charge in [-0.05, 0) is 36.4 Å². The fourth-order valence-corrected chi connectivity index (χ4v) is 0.203. The lowest BCUT2D eigenvalue weighted by Gasteiger charge is -1.82. The summed E-state index contributed by atoms with van der Waals surface area (Å²) in [5.74, 6) is 0.142. The zero-order valence-corrected chi connectivity index (χ0v) is 6.52. The summed E-state index contributed by atoms with van der Waals surface area (Å²) in [6.07, 6.45) is 1.79. The number of carbonyl (C=O) groups excluding carboxylic acids is 1. The lowest BCUT2D eigenvalue weighted by Crippen LogP contribution is -1.84. The van der Waals surface area contributed by atoms with E-state index in [1.807, 2.05) is 29.5 Å². The number of allylic oxidation sites excluding steroid dienone is 2. The number of halogens is 1. The zero-order valence-electron chi connectivity index (χ0n) is 4.36. The van der Waals surface area contributed by atoms with E-state index in [4.69, 9.17) is 0 Å². The Labute approximate surface area is 56.9 Å². The molecule has 0 aliphatic heterocycles. The molecule has 1 nitrogen and oxygen atoms in total. The summed E-state index contributed by atoms with van der Waals surface area (Å²) in [5.41, 5.74) is 0. The molecule has 0 aliphatic rings. The summed E-state index contributed by atoms with van der Waals surface area (Å²) in [4.78, 5) is 10.3. The maximum Gasteiger partial charge on any atom is 0.165 e. The maximum absolute atomic E-state index is 10.3. The lowest BCUT2D eigenvalue weighted by atomic mass is 10.4. The van der Waals surface area contributed by atoms with E-state index in [-0.39, 0.29) is 5.78 Å². The topological polar surface area (TPSA) is 17.1 Å². The molecule has 0 aromatic carbocycles. The Morgan fingerprint density at radius 2 is 2.14 bits per heavy atom. The van der Waals surface area contributed by atoms with Gasteiger partial charge in [0.2, 0.25) is 0 Å². The Balaban J connectivity index is 3.82. The number of hydrogen-bond donors (Lipinski definition) is 0. The number of rotatable bonds is 1. The monoisotopic (exact) mass is 210 g/mol. The molecule has 0 amide bonds. The van der Waals surface area contributed by atoms with Gasteiger partial charge in [-0.25, -0.2) is 0 Å². The van der Waals surface area contributed by atoms with Crippen molar-refractivity contribution in [2.24, 2.45) is 0 Å². The van der Waals surface area contributed by atoms with Gasteiger partial charge in [0.15, 0.2) is 5.78 Å². The minimum absolute atomic E-state index is 0.142. The molecule has 0 aromatic heterocycles. The first-order valence-corrected chi connectivity index (χ1v) is 3.09. The van der Waals surface area contributed by atoms with Crippen molar-refractivity contribution < 1.29 is 4.79 Å². The average Bonchev–Trinajstić information content (AvgIpc) is 1.65. The van der Waals surface area contributed by atoms with E-state index in [1.54, 1.807) is 13.0 Å². The van der Waals surface area contributed by atoms with Crippen LogP contribution < -0.4 is 0 Å². The number of carbonyl (C=O) groups is 1. The summed E-state index contributed by atoms with van der Waals surface area (Å²) in [6, 6.07) is 0. The van der Waals surface area contributed by atoms with Gasteiger partial charge in [-0.1, -0.05) is 6.08 Å². The molecule has 0 saturated carbocycles. The van der Waals surface area contributed by atoms with E-state index in [9.17, 15) is 4.79 Å². The van der Waals surface area contributed by atoms with Gasteiger partial charge in [-0.2, -0.15) is 0 Å². The molecule has 0 fully saturated rings. The fraction of sp³-hybridized carbons (Fsp3) is 0.400. The first-order chi connectivity index (χ1) is 3.18. The van der Waals surface area contributed by atoms with Crippen LogP contribution in [0.3, 0.4) is 0 Å². The van der Waals surface area contributed by atoms with Crippen molar-refractivity contribution in [2.45, 2.75) is 13.8 Å². The van der Waals surface area contributed by atoms with E-state index in [0.717, 1.165) is 3.58 Å². The molecule has 0 atom stereocenters. The third kappa shape index (κ3) is 2.79. The van der Waals surface area contributed by atoms with Crippen molar-refractivity contribution >= 4 is 28.4 Å². The van der Waals surface area contributed by atoms with Gasteiger partial charge in [0.05, 0.1) is 3.58 Å². The molecule has 0 rings (SSSR count). The summed E-state index contributed by atoms with van der Waals surface area (Å²) in [5, 5.41) is 0. The van der Waals surface area contributed by atoms with Crippen LogP contribution in [0.1, 0.15) is 13.8 Å². The first kappa shape index (κ1) is 7.14. The second-order valence-corrected chi connectivity index (χ2v) is 2.35. The van der Waals surface area contributed by atoms with Gasteiger partial charge in [-0.3, -0.25) is 4.79 Å². The Morgan fingerprint density at radius 3 is 2.14 bits per heavy atom. The van der Waals surface area contributed by atoms with Crippen LogP contribution >= 0.6 is 22.6 Å². The van der Waals surface area contributed by atoms with Gasteiger partial charge in [-0.15, -0.1) is 0 Å². The van der Waals surface area contributed by atoms with Gasteiger partial charge in [0.25, 0.3) is 0 Å². The van der Waals surface area contributed by atoms with Crippen LogP contribution in [-0.2, 0) is 4.79 Å². The van der Waals surface area contributed by atoms with Crippen LogP contribution in [0.15, 0.2) is 9.66 Å². The molecule has 0 radical (unpaired) electrons. The van der Waals surface area contributed by atoms with Crippen molar-refractivity contribution in [3.8, 4) is 0 Å². The molecule has 0 aromatic rings. The normalized spacial score (nSPS) is 11.6. The largest absolute Gasteiger partial charge is 0.294 e.